The van der Waals surface area contributed by atoms with Crippen molar-refractivity contribution >= 4 is 28.6 Å². The third-order valence-electron chi connectivity index (χ3n) is 2.32. The molecule has 0 aliphatic rings. The summed E-state index contributed by atoms with van der Waals surface area (Å²) in [4.78, 5) is 15.5. The van der Waals surface area contributed by atoms with Crippen molar-refractivity contribution < 1.29 is 9.53 Å². The van der Waals surface area contributed by atoms with E-state index in [9.17, 15) is 4.79 Å². The Balaban J connectivity index is 2.76. The first-order valence-corrected chi connectivity index (χ1v) is 5.00. The number of rotatable bonds is 1. The normalized spacial score (nSPS) is 10.8. The zero-order chi connectivity index (χ0) is 11.9. The highest BCUT2D eigenvalue weighted by atomic mass is 35.5. The summed E-state index contributed by atoms with van der Waals surface area (Å²) in [7, 11) is 3.05. The number of pyridine rings is 1. The van der Waals surface area contributed by atoms with Crippen LogP contribution in [0.2, 0.25) is 5.02 Å². The quantitative estimate of drug-likeness (QED) is 0.711. The van der Waals surface area contributed by atoms with Gasteiger partial charge < -0.3 is 4.74 Å². The van der Waals surface area contributed by atoms with Crippen molar-refractivity contribution in [2.45, 2.75) is 6.92 Å². The Kier molecular flexibility index (Phi) is 2.55. The topological polar surface area (TPSA) is 57.0 Å². The number of nitrogens with zero attached hydrogens (tertiary/aromatic N) is 3. The molecule has 0 fully saturated rings. The molecule has 0 aliphatic carbocycles. The Hall–Kier alpha value is -1.62. The van der Waals surface area contributed by atoms with Crippen LogP contribution in [0.25, 0.3) is 11.0 Å². The fourth-order valence-electron chi connectivity index (χ4n) is 1.60. The van der Waals surface area contributed by atoms with Gasteiger partial charge in [-0.05, 0) is 13.0 Å². The summed E-state index contributed by atoms with van der Waals surface area (Å²) in [6.45, 7) is 1.84. The third kappa shape index (κ3) is 1.53. The molecule has 0 spiro atoms. The van der Waals surface area contributed by atoms with E-state index in [0.29, 0.717) is 10.7 Å². The molecule has 0 N–H and O–H groups in total. The summed E-state index contributed by atoms with van der Waals surface area (Å²) in [6.07, 6.45) is 0. The van der Waals surface area contributed by atoms with Crippen LogP contribution in [-0.2, 0) is 11.8 Å². The van der Waals surface area contributed by atoms with Gasteiger partial charge in [0.15, 0.2) is 11.3 Å². The van der Waals surface area contributed by atoms with Gasteiger partial charge in [0.25, 0.3) is 0 Å². The summed E-state index contributed by atoms with van der Waals surface area (Å²) in [5, 5.41) is 5.41. The largest absolute Gasteiger partial charge is 0.464 e. The van der Waals surface area contributed by atoms with E-state index in [0.717, 1.165) is 11.1 Å². The van der Waals surface area contributed by atoms with Gasteiger partial charge in [-0.25, -0.2) is 9.78 Å². The molecule has 0 unspecified atom stereocenters. The van der Waals surface area contributed by atoms with Crippen molar-refractivity contribution in [3.8, 4) is 0 Å². The summed E-state index contributed by atoms with van der Waals surface area (Å²) >= 11 is 6.08. The van der Waals surface area contributed by atoms with Crippen LogP contribution in [0.5, 0.6) is 0 Å². The van der Waals surface area contributed by atoms with Crippen LogP contribution in [0, 0.1) is 6.92 Å². The number of fused-ring (bicyclic) bond motifs is 1. The molecule has 0 radical (unpaired) electrons. The van der Waals surface area contributed by atoms with Crippen LogP contribution in [-0.4, -0.2) is 27.8 Å². The predicted molar refractivity (Wildman–Crippen MR) is 59.6 cm³/mol. The highest BCUT2D eigenvalue weighted by molar-refractivity contribution is 6.35. The maximum absolute atomic E-state index is 11.4. The first-order chi connectivity index (χ1) is 7.54. The molecule has 0 atom stereocenters. The minimum atomic E-state index is -0.511. The molecule has 16 heavy (non-hydrogen) atoms. The van der Waals surface area contributed by atoms with E-state index in [2.05, 4.69) is 14.8 Å². The number of aryl methyl sites for hydroxylation is 2. The second-order valence-electron chi connectivity index (χ2n) is 3.39. The molecule has 0 bridgehead atoms. The lowest BCUT2D eigenvalue weighted by Gasteiger charge is -2.01. The molecule has 2 aromatic heterocycles. The number of hydrogen-bond donors (Lipinski definition) is 0. The maximum atomic E-state index is 11.4. The number of methoxy groups -OCH3 is 1. The fourth-order valence-corrected chi connectivity index (χ4v) is 1.93. The Morgan fingerprint density at radius 2 is 2.25 bits per heavy atom. The lowest BCUT2D eigenvalue weighted by molar-refractivity contribution is 0.0594. The Bertz CT molecular complexity index is 577. The highest BCUT2D eigenvalue weighted by Gasteiger charge is 2.15. The molecule has 0 aliphatic heterocycles. The van der Waals surface area contributed by atoms with Crippen molar-refractivity contribution in [1.29, 1.82) is 0 Å². The van der Waals surface area contributed by atoms with Crippen LogP contribution >= 0.6 is 11.6 Å². The van der Waals surface area contributed by atoms with Gasteiger partial charge in [0, 0.05) is 7.05 Å². The Morgan fingerprint density at radius 1 is 1.56 bits per heavy atom. The van der Waals surface area contributed by atoms with Gasteiger partial charge in [-0.15, -0.1) is 0 Å². The van der Waals surface area contributed by atoms with Crippen molar-refractivity contribution in [3.05, 3.63) is 22.5 Å². The Labute approximate surface area is 97.0 Å². The first-order valence-electron chi connectivity index (χ1n) is 4.62. The molecular weight excluding hydrogens is 230 g/mol. The molecule has 2 rings (SSSR count). The standard InChI is InChI=1S/C10H10ClN3O2/c1-5-8-6(11)4-7(10(15)16-3)12-9(8)14(2)13-5/h4H,1-3H3. The van der Waals surface area contributed by atoms with E-state index >= 15 is 0 Å². The number of aromatic nitrogens is 3. The lowest BCUT2D eigenvalue weighted by atomic mass is 10.2. The summed E-state index contributed by atoms with van der Waals surface area (Å²) in [6, 6.07) is 1.49. The molecule has 2 aromatic rings. The van der Waals surface area contributed by atoms with Crippen molar-refractivity contribution in [1.82, 2.24) is 14.8 Å². The SMILES string of the molecule is COC(=O)c1cc(Cl)c2c(C)nn(C)c2n1. The molecule has 84 valence electrons. The molecular formula is C10H10ClN3O2. The predicted octanol–water partition coefficient (Wildman–Crippen LogP) is 1.72. The number of ether oxygens (including phenoxy) is 1. The molecule has 6 heteroatoms. The van der Waals surface area contributed by atoms with Gasteiger partial charge in [0.05, 0.1) is 23.2 Å². The van der Waals surface area contributed by atoms with E-state index < -0.39 is 5.97 Å². The maximum Gasteiger partial charge on any atom is 0.356 e. The van der Waals surface area contributed by atoms with Crippen LogP contribution < -0.4 is 0 Å². The first kappa shape index (κ1) is 10.9. The molecule has 0 amide bonds. The van der Waals surface area contributed by atoms with Crippen LogP contribution in [0.1, 0.15) is 16.2 Å². The van der Waals surface area contributed by atoms with E-state index in [1.54, 1.807) is 11.7 Å². The minimum absolute atomic E-state index is 0.183. The van der Waals surface area contributed by atoms with E-state index in [1.165, 1.54) is 13.2 Å². The molecule has 0 saturated carbocycles. The average molecular weight is 240 g/mol. The summed E-state index contributed by atoms with van der Waals surface area (Å²) in [5.41, 5.74) is 1.54. The van der Waals surface area contributed by atoms with Gasteiger partial charge in [-0.1, -0.05) is 11.6 Å². The second kappa shape index (κ2) is 3.75. The third-order valence-corrected chi connectivity index (χ3v) is 2.61. The number of hydrogen-bond acceptors (Lipinski definition) is 4. The van der Waals surface area contributed by atoms with Gasteiger partial charge in [0.2, 0.25) is 0 Å². The van der Waals surface area contributed by atoms with Gasteiger partial charge in [-0.3, -0.25) is 4.68 Å². The lowest BCUT2D eigenvalue weighted by Crippen LogP contribution is -2.05. The minimum Gasteiger partial charge on any atom is -0.464 e. The summed E-state index contributed by atoms with van der Waals surface area (Å²) in [5.74, 6) is -0.511. The number of halogens is 1. The number of carbonyl (C=O) groups excluding carboxylic acids is 1. The average Bonchev–Trinajstić information content (AvgIpc) is 2.53. The zero-order valence-electron chi connectivity index (χ0n) is 9.11. The van der Waals surface area contributed by atoms with Crippen molar-refractivity contribution in [2.75, 3.05) is 7.11 Å². The smallest absolute Gasteiger partial charge is 0.356 e. The van der Waals surface area contributed by atoms with Crippen molar-refractivity contribution in [3.63, 3.8) is 0 Å². The van der Waals surface area contributed by atoms with Gasteiger partial charge >= 0.3 is 5.97 Å². The second-order valence-corrected chi connectivity index (χ2v) is 3.80. The van der Waals surface area contributed by atoms with Crippen molar-refractivity contribution in [2.24, 2.45) is 7.05 Å². The zero-order valence-corrected chi connectivity index (χ0v) is 9.87. The molecule has 0 aromatic carbocycles. The number of esters is 1. The number of carbonyl (C=O) groups is 1. The van der Waals surface area contributed by atoms with E-state index in [4.69, 9.17) is 11.6 Å². The molecule has 2 heterocycles. The fraction of sp³-hybridized carbons (Fsp3) is 0.300. The molecule has 0 saturated heterocycles. The van der Waals surface area contributed by atoms with E-state index in [1.807, 2.05) is 6.92 Å². The van der Waals surface area contributed by atoms with Gasteiger partial charge in [0.1, 0.15) is 0 Å². The summed E-state index contributed by atoms with van der Waals surface area (Å²) < 4.78 is 6.18. The Morgan fingerprint density at radius 3 is 2.88 bits per heavy atom. The molecule has 5 nitrogen and oxygen atoms in total. The van der Waals surface area contributed by atoms with E-state index in [-0.39, 0.29) is 5.69 Å². The van der Waals surface area contributed by atoms with Crippen LogP contribution in [0.15, 0.2) is 6.07 Å². The van der Waals surface area contributed by atoms with Gasteiger partial charge in [-0.2, -0.15) is 5.10 Å². The monoisotopic (exact) mass is 239 g/mol. The van der Waals surface area contributed by atoms with Crippen LogP contribution in [0.3, 0.4) is 0 Å². The highest BCUT2D eigenvalue weighted by Crippen LogP contribution is 2.25. The van der Waals surface area contributed by atoms with Crippen LogP contribution in [0.4, 0.5) is 0 Å².